The highest BCUT2D eigenvalue weighted by Gasteiger charge is 1.98. The van der Waals surface area contributed by atoms with E-state index in [1.165, 1.54) is 0 Å². The van der Waals surface area contributed by atoms with Crippen molar-refractivity contribution in [3.05, 3.63) is 35.9 Å². The van der Waals surface area contributed by atoms with Gasteiger partial charge in [-0.25, -0.2) is 0 Å². The first kappa shape index (κ1) is 11.3. The summed E-state index contributed by atoms with van der Waals surface area (Å²) in [5, 5.41) is 9.26. The minimum absolute atomic E-state index is 0.170. The van der Waals surface area contributed by atoms with Gasteiger partial charge in [-0.2, -0.15) is 0 Å². The number of hydrogen-bond donors (Lipinski definition) is 1. The van der Waals surface area contributed by atoms with Crippen LogP contribution in [0.15, 0.2) is 30.3 Å². The number of hydrogen-bond acceptors (Lipinski definition) is 2. The van der Waals surface area contributed by atoms with Crippen LogP contribution >= 0.6 is 0 Å². The van der Waals surface area contributed by atoms with Gasteiger partial charge in [0.05, 0.1) is 13.2 Å². The molecule has 0 aliphatic carbocycles. The predicted molar refractivity (Wildman–Crippen MR) is 58.7 cm³/mol. The number of aliphatic hydroxyl groups is 1. The van der Waals surface area contributed by atoms with Gasteiger partial charge in [0.15, 0.2) is 0 Å². The van der Waals surface area contributed by atoms with Crippen molar-refractivity contribution in [2.45, 2.75) is 12.7 Å². The fourth-order valence-corrected chi connectivity index (χ4v) is 1.03. The van der Waals surface area contributed by atoms with E-state index in [4.69, 9.17) is 11.2 Å². The van der Waals surface area contributed by atoms with E-state index in [-0.39, 0.29) is 6.61 Å². The molecular weight excluding hydrogens is 188 g/mol. The van der Waals surface area contributed by atoms with Crippen molar-refractivity contribution in [1.82, 2.24) is 0 Å². The van der Waals surface area contributed by atoms with Crippen LogP contribution < -0.4 is 0 Å². The Labute approximate surface area is 89.9 Å². The molecule has 0 bridgehead atoms. The van der Waals surface area contributed by atoms with E-state index in [1.807, 2.05) is 30.3 Å². The zero-order valence-electron chi connectivity index (χ0n) is 8.31. The number of rotatable bonds is 4. The molecule has 0 aliphatic rings. The molecule has 0 fully saturated rings. The molecule has 0 spiro atoms. The lowest BCUT2D eigenvalue weighted by Crippen LogP contribution is -2.12. The Morgan fingerprint density at radius 3 is 2.73 bits per heavy atom. The average molecular weight is 200 g/mol. The van der Waals surface area contributed by atoms with E-state index in [0.717, 1.165) is 5.56 Å². The van der Waals surface area contributed by atoms with Crippen molar-refractivity contribution < 1.29 is 9.84 Å². The maximum atomic E-state index is 9.26. The van der Waals surface area contributed by atoms with Crippen LogP contribution in [-0.2, 0) is 11.3 Å². The molecule has 0 saturated heterocycles. The molecule has 2 nitrogen and oxygen atoms in total. The first-order valence-electron chi connectivity index (χ1n) is 4.59. The Hall–Kier alpha value is -1.74. The van der Waals surface area contributed by atoms with Crippen LogP contribution in [0, 0.1) is 24.2 Å². The van der Waals surface area contributed by atoms with Crippen LogP contribution in [0.2, 0.25) is 0 Å². The van der Waals surface area contributed by atoms with Gasteiger partial charge in [0.25, 0.3) is 0 Å². The Morgan fingerprint density at radius 1 is 1.33 bits per heavy atom. The monoisotopic (exact) mass is 200 g/mol. The molecule has 0 amide bonds. The van der Waals surface area contributed by atoms with Crippen molar-refractivity contribution in [2.24, 2.45) is 0 Å². The quantitative estimate of drug-likeness (QED) is 0.740. The molecule has 1 aromatic rings. The predicted octanol–water partition coefficient (Wildman–Crippen LogP) is 1.20. The summed E-state index contributed by atoms with van der Waals surface area (Å²) in [5.74, 6) is 6.94. The minimum atomic E-state index is -0.815. The van der Waals surface area contributed by atoms with E-state index < -0.39 is 6.10 Å². The van der Waals surface area contributed by atoms with Gasteiger partial charge >= 0.3 is 0 Å². The summed E-state index contributed by atoms with van der Waals surface area (Å²) in [6.07, 6.45) is 4.11. The van der Waals surface area contributed by atoms with E-state index >= 15 is 0 Å². The van der Waals surface area contributed by atoms with Gasteiger partial charge < -0.3 is 9.84 Å². The molecule has 1 atom stereocenters. The van der Waals surface area contributed by atoms with Gasteiger partial charge in [-0.3, -0.25) is 0 Å². The molecule has 76 valence electrons. The summed E-state index contributed by atoms with van der Waals surface area (Å²) in [7, 11) is 0. The molecule has 1 N–H and O–H groups in total. The molecule has 1 aromatic carbocycles. The topological polar surface area (TPSA) is 29.5 Å². The van der Waals surface area contributed by atoms with Crippen LogP contribution in [0.25, 0.3) is 0 Å². The highest BCUT2D eigenvalue weighted by molar-refractivity contribution is 5.23. The fourth-order valence-electron chi connectivity index (χ4n) is 1.03. The van der Waals surface area contributed by atoms with Crippen LogP contribution in [-0.4, -0.2) is 17.8 Å². The molecule has 2 heteroatoms. The average Bonchev–Trinajstić information content (AvgIpc) is 2.28. The summed E-state index contributed by atoms with van der Waals surface area (Å²) in [6, 6.07) is 9.73. The van der Waals surface area contributed by atoms with Gasteiger partial charge in [0, 0.05) is 0 Å². The zero-order valence-corrected chi connectivity index (χ0v) is 8.31. The SMILES string of the molecule is C#CC#C[C@@H](O)COCc1ccccc1. The van der Waals surface area contributed by atoms with E-state index in [2.05, 4.69) is 17.8 Å². The summed E-state index contributed by atoms with van der Waals surface area (Å²) < 4.78 is 5.26. The molecule has 0 saturated carbocycles. The Kier molecular flexibility index (Phi) is 5.04. The Bertz CT molecular complexity index is 378. The normalized spacial score (nSPS) is 10.9. The smallest absolute Gasteiger partial charge is 0.138 e. The van der Waals surface area contributed by atoms with Crippen molar-refractivity contribution >= 4 is 0 Å². The van der Waals surface area contributed by atoms with E-state index in [9.17, 15) is 5.11 Å². The molecule has 1 rings (SSSR count). The third-order valence-corrected chi connectivity index (χ3v) is 1.70. The summed E-state index contributed by atoms with van der Waals surface area (Å²) in [5.41, 5.74) is 1.06. The molecule has 0 aromatic heterocycles. The zero-order chi connectivity index (χ0) is 10.9. The second-order valence-electron chi connectivity index (χ2n) is 2.93. The third kappa shape index (κ3) is 4.88. The summed E-state index contributed by atoms with van der Waals surface area (Å²) in [4.78, 5) is 0. The number of benzene rings is 1. The van der Waals surface area contributed by atoms with Gasteiger partial charge in [0.2, 0.25) is 0 Å². The van der Waals surface area contributed by atoms with Gasteiger partial charge in [-0.1, -0.05) is 36.3 Å². The summed E-state index contributed by atoms with van der Waals surface area (Å²) >= 11 is 0. The first-order chi connectivity index (χ1) is 7.33. The van der Waals surface area contributed by atoms with Crippen LogP contribution in [0.4, 0.5) is 0 Å². The highest BCUT2D eigenvalue weighted by atomic mass is 16.5. The maximum Gasteiger partial charge on any atom is 0.138 e. The second kappa shape index (κ2) is 6.68. The van der Waals surface area contributed by atoms with Gasteiger partial charge in [0.1, 0.15) is 6.10 Å². The number of aliphatic hydroxyl groups excluding tert-OH is 1. The minimum Gasteiger partial charge on any atom is -0.378 e. The number of ether oxygens (including phenoxy) is 1. The molecule has 0 unspecified atom stereocenters. The standard InChI is InChI=1S/C13H12O2/c1-2-3-9-13(14)11-15-10-12-7-5-4-6-8-12/h1,4-8,13-14H,10-11H2/t13-/m1/s1. The lowest BCUT2D eigenvalue weighted by Gasteiger charge is -2.05. The molecule has 0 radical (unpaired) electrons. The summed E-state index contributed by atoms with van der Waals surface area (Å²) in [6.45, 7) is 0.638. The molecule has 0 aliphatic heterocycles. The number of terminal acetylenes is 1. The van der Waals surface area contributed by atoms with E-state index in [0.29, 0.717) is 6.61 Å². The van der Waals surface area contributed by atoms with Crippen molar-refractivity contribution in [1.29, 1.82) is 0 Å². The second-order valence-corrected chi connectivity index (χ2v) is 2.93. The fraction of sp³-hybridized carbons (Fsp3) is 0.231. The maximum absolute atomic E-state index is 9.26. The molecule has 15 heavy (non-hydrogen) atoms. The Morgan fingerprint density at radius 2 is 2.07 bits per heavy atom. The van der Waals surface area contributed by atoms with Crippen LogP contribution in [0.5, 0.6) is 0 Å². The highest BCUT2D eigenvalue weighted by Crippen LogP contribution is 2.00. The lowest BCUT2D eigenvalue weighted by molar-refractivity contribution is 0.0544. The first-order valence-corrected chi connectivity index (χ1v) is 4.59. The third-order valence-electron chi connectivity index (χ3n) is 1.70. The van der Waals surface area contributed by atoms with E-state index in [1.54, 1.807) is 0 Å². The van der Waals surface area contributed by atoms with Crippen molar-refractivity contribution in [2.75, 3.05) is 6.61 Å². The van der Waals surface area contributed by atoms with Crippen molar-refractivity contribution in [3.63, 3.8) is 0 Å². The molecular formula is C13H12O2. The lowest BCUT2D eigenvalue weighted by atomic mass is 10.2. The molecule has 0 heterocycles. The Balaban J connectivity index is 2.26. The van der Waals surface area contributed by atoms with Crippen LogP contribution in [0.3, 0.4) is 0 Å². The largest absolute Gasteiger partial charge is 0.378 e. The van der Waals surface area contributed by atoms with Crippen molar-refractivity contribution in [3.8, 4) is 24.2 Å². The van der Waals surface area contributed by atoms with Gasteiger partial charge in [-0.05, 0) is 17.4 Å². The van der Waals surface area contributed by atoms with Gasteiger partial charge in [-0.15, -0.1) is 6.42 Å². The van der Waals surface area contributed by atoms with Crippen LogP contribution in [0.1, 0.15) is 5.56 Å².